The number of carbonyl (C=O) groups excluding carboxylic acids is 2. The Labute approximate surface area is 159 Å². The molecule has 0 aliphatic carbocycles. The molecule has 0 radical (unpaired) electrons. The molecule has 2 aromatic rings. The van der Waals surface area contributed by atoms with Crippen molar-refractivity contribution in [3.8, 4) is 0 Å². The van der Waals surface area contributed by atoms with Crippen molar-refractivity contribution in [2.24, 2.45) is 0 Å². The standard InChI is InChI=1S/C21H25N3O3/c25-20(15-23-21(26)17-6-2-1-3-7-17)22-14-18-8-4-5-9-19(18)16-24-10-12-27-13-11-24/h1-9H,10-16H2,(H,22,25)(H,23,26). The van der Waals surface area contributed by atoms with Crippen molar-refractivity contribution in [3.05, 3.63) is 71.3 Å². The Kier molecular flexibility index (Phi) is 6.96. The topological polar surface area (TPSA) is 70.7 Å². The van der Waals surface area contributed by atoms with Crippen LogP contribution in [0.1, 0.15) is 21.5 Å². The highest BCUT2D eigenvalue weighted by molar-refractivity contribution is 5.96. The van der Waals surface area contributed by atoms with Crippen LogP contribution in [-0.2, 0) is 22.6 Å². The van der Waals surface area contributed by atoms with Gasteiger partial charge in [0.25, 0.3) is 5.91 Å². The SMILES string of the molecule is O=C(CNC(=O)c1ccccc1)NCc1ccccc1CN1CCOCC1. The number of rotatable bonds is 7. The predicted octanol–water partition coefficient (Wildman–Crippen LogP) is 1.56. The van der Waals surface area contributed by atoms with Gasteiger partial charge < -0.3 is 15.4 Å². The zero-order chi connectivity index (χ0) is 18.9. The number of ether oxygens (including phenoxy) is 1. The van der Waals surface area contributed by atoms with Crippen LogP contribution < -0.4 is 10.6 Å². The van der Waals surface area contributed by atoms with Crippen molar-refractivity contribution in [3.63, 3.8) is 0 Å². The summed E-state index contributed by atoms with van der Waals surface area (Å²) in [5.74, 6) is -0.459. The first-order valence-corrected chi connectivity index (χ1v) is 9.19. The van der Waals surface area contributed by atoms with Crippen molar-refractivity contribution in [1.82, 2.24) is 15.5 Å². The van der Waals surface area contributed by atoms with Gasteiger partial charge in [-0.05, 0) is 23.3 Å². The number of benzene rings is 2. The van der Waals surface area contributed by atoms with E-state index in [0.717, 1.165) is 38.4 Å². The zero-order valence-electron chi connectivity index (χ0n) is 15.3. The van der Waals surface area contributed by atoms with Gasteiger partial charge in [-0.25, -0.2) is 0 Å². The maximum atomic E-state index is 12.1. The lowest BCUT2D eigenvalue weighted by atomic mass is 10.1. The third-order valence-corrected chi connectivity index (χ3v) is 4.54. The lowest BCUT2D eigenvalue weighted by Gasteiger charge is -2.27. The fraction of sp³-hybridized carbons (Fsp3) is 0.333. The molecule has 1 aliphatic heterocycles. The average molecular weight is 367 g/mol. The van der Waals surface area contributed by atoms with E-state index >= 15 is 0 Å². The summed E-state index contributed by atoms with van der Waals surface area (Å²) in [5.41, 5.74) is 2.83. The summed E-state index contributed by atoms with van der Waals surface area (Å²) >= 11 is 0. The van der Waals surface area contributed by atoms with Crippen molar-refractivity contribution < 1.29 is 14.3 Å². The number of hydrogen-bond donors (Lipinski definition) is 2. The largest absolute Gasteiger partial charge is 0.379 e. The van der Waals surface area contributed by atoms with Crippen LogP contribution in [0.3, 0.4) is 0 Å². The number of amides is 2. The van der Waals surface area contributed by atoms with E-state index in [1.807, 2.05) is 24.3 Å². The lowest BCUT2D eigenvalue weighted by molar-refractivity contribution is -0.120. The Morgan fingerprint density at radius 3 is 2.30 bits per heavy atom. The van der Waals surface area contributed by atoms with Gasteiger partial charge in [0.05, 0.1) is 19.8 Å². The van der Waals surface area contributed by atoms with E-state index in [9.17, 15) is 9.59 Å². The molecule has 2 N–H and O–H groups in total. The van der Waals surface area contributed by atoms with Crippen LogP contribution in [-0.4, -0.2) is 49.6 Å². The van der Waals surface area contributed by atoms with E-state index in [2.05, 4.69) is 21.6 Å². The van der Waals surface area contributed by atoms with Gasteiger partial charge >= 0.3 is 0 Å². The molecule has 1 fully saturated rings. The van der Waals surface area contributed by atoms with E-state index < -0.39 is 0 Å². The molecule has 1 saturated heterocycles. The smallest absolute Gasteiger partial charge is 0.251 e. The Hall–Kier alpha value is -2.70. The molecular formula is C21H25N3O3. The highest BCUT2D eigenvalue weighted by Gasteiger charge is 2.13. The highest BCUT2D eigenvalue weighted by atomic mass is 16.5. The Balaban J connectivity index is 1.48. The van der Waals surface area contributed by atoms with Gasteiger partial charge in [-0.2, -0.15) is 0 Å². The first-order chi connectivity index (χ1) is 13.2. The fourth-order valence-corrected chi connectivity index (χ4v) is 2.99. The van der Waals surface area contributed by atoms with Gasteiger partial charge in [0, 0.05) is 31.7 Å². The van der Waals surface area contributed by atoms with Crippen molar-refractivity contribution in [1.29, 1.82) is 0 Å². The molecule has 0 bridgehead atoms. The molecule has 27 heavy (non-hydrogen) atoms. The van der Waals surface area contributed by atoms with E-state index in [1.54, 1.807) is 24.3 Å². The van der Waals surface area contributed by atoms with E-state index in [-0.39, 0.29) is 18.4 Å². The molecule has 0 unspecified atom stereocenters. The van der Waals surface area contributed by atoms with Crippen LogP contribution in [0.15, 0.2) is 54.6 Å². The van der Waals surface area contributed by atoms with E-state index in [0.29, 0.717) is 12.1 Å². The molecule has 3 rings (SSSR count). The minimum atomic E-state index is -0.251. The summed E-state index contributed by atoms with van der Waals surface area (Å²) in [6, 6.07) is 17.0. The minimum absolute atomic E-state index is 0.0423. The maximum absolute atomic E-state index is 12.1. The number of carbonyl (C=O) groups is 2. The molecule has 2 aromatic carbocycles. The third-order valence-electron chi connectivity index (χ3n) is 4.54. The number of hydrogen-bond acceptors (Lipinski definition) is 4. The van der Waals surface area contributed by atoms with Gasteiger partial charge in [0.1, 0.15) is 0 Å². The highest BCUT2D eigenvalue weighted by Crippen LogP contribution is 2.13. The Bertz CT molecular complexity index is 758. The van der Waals surface area contributed by atoms with Crippen LogP contribution in [0.4, 0.5) is 0 Å². The third kappa shape index (κ3) is 5.91. The van der Waals surface area contributed by atoms with Crippen LogP contribution in [0.2, 0.25) is 0 Å². The van der Waals surface area contributed by atoms with Gasteiger partial charge in [-0.3, -0.25) is 14.5 Å². The molecule has 0 atom stereocenters. The van der Waals surface area contributed by atoms with Crippen molar-refractivity contribution in [2.45, 2.75) is 13.1 Å². The summed E-state index contributed by atoms with van der Waals surface area (Å²) in [6.45, 7) is 4.62. The molecule has 1 aliphatic rings. The summed E-state index contributed by atoms with van der Waals surface area (Å²) in [5, 5.41) is 5.53. The Morgan fingerprint density at radius 2 is 1.56 bits per heavy atom. The fourth-order valence-electron chi connectivity index (χ4n) is 2.99. The van der Waals surface area contributed by atoms with Gasteiger partial charge in [-0.1, -0.05) is 42.5 Å². The minimum Gasteiger partial charge on any atom is -0.379 e. The van der Waals surface area contributed by atoms with Crippen LogP contribution in [0.5, 0.6) is 0 Å². The molecule has 0 saturated carbocycles. The molecule has 6 nitrogen and oxygen atoms in total. The maximum Gasteiger partial charge on any atom is 0.251 e. The summed E-state index contributed by atoms with van der Waals surface area (Å²) in [7, 11) is 0. The molecule has 142 valence electrons. The molecule has 2 amide bonds. The molecule has 0 aromatic heterocycles. The average Bonchev–Trinajstić information content (AvgIpc) is 2.73. The van der Waals surface area contributed by atoms with Gasteiger partial charge in [0.2, 0.25) is 5.91 Å². The van der Waals surface area contributed by atoms with Crippen molar-refractivity contribution >= 4 is 11.8 Å². The normalized spacial score (nSPS) is 14.5. The summed E-state index contributed by atoms with van der Waals surface area (Å²) in [6.07, 6.45) is 0. The molecule has 0 spiro atoms. The summed E-state index contributed by atoms with van der Waals surface area (Å²) in [4.78, 5) is 26.4. The second-order valence-electron chi connectivity index (χ2n) is 6.48. The van der Waals surface area contributed by atoms with E-state index in [1.165, 1.54) is 5.56 Å². The van der Waals surface area contributed by atoms with Gasteiger partial charge in [-0.15, -0.1) is 0 Å². The number of morpholine rings is 1. The first kappa shape index (κ1) is 19.1. The van der Waals surface area contributed by atoms with Crippen LogP contribution in [0, 0.1) is 0 Å². The molecular weight excluding hydrogens is 342 g/mol. The zero-order valence-corrected chi connectivity index (χ0v) is 15.3. The lowest BCUT2D eigenvalue weighted by Crippen LogP contribution is -2.37. The predicted molar refractivity (Wildman–Crippen MR) is 103 cm³/mol. The van der Waals surface area contributed by atoms with E-state index in [4.69, 9.17) is 4.74 Å². The van der Waals surface area contributed by atoms with Crippen molar-refractivity contribution in [2.75, 3.05) is 32.8 Å². The monoisotopic (exact) mass is 367 g/mol. The van der Waals surface area contributed by atoms with Crippen LogP contribution >= 0.6 is 0 Å². The number of nitrogens with zero attached hydrogens (tertiary/aromatic N) is 1. The first-order valence-electron chi connectivity index (χ1n) is 9.19. The second kappa shape index (κ2) is 9.85. The summed E-state index contributed by atoms with van der Waals surface area (Å²) < 4.78 is 5.39. The second-order valence-corrected chi connectivity index (χ2v) is 6.48. The quantitative estimate of drug-likeness (QED) is 0.779. The van der Waals surface area contributed by atoms with Gasteiger partial charge in [0.15, 0.2) is 0 Å². The number of nitrogens with one attached hydrogen (secondary N) is 2. The Morgan fingerprint density at radius 1 is 0.889 bits per heavy atom. The molecule has 6 heteroatoms. The van der Waals surface area contributed by atoms with Crippen LogP contribution in [0.25, 0.3) is 0 Å². The molecule has 1 heterocycles.